The van der Waals surface area contributed by atoms with Gasteiger partial charge in [0.15, 0.2) is 5.75 Å². The lowest BCUT2D eigenvalue weighted by atomic mass is 10.1. The molecule has 0 fully saturated rings. The molecule has 0 bridgehead atoms. The van der Waals surface area contributed by atoms with E-state index in [1.165, 1.54) is 6.20 Å². The number of rotatable bonds is 9. The minimum absolute atomic E-state index is 0.103. The molecule has 1 heterocycles. The largest absolute Gasteiger partial charge is 0.511 e. The maximum atomic E-state index is 10.7. The van der Waals surface area contributed by atoms with Gasteiger partial charge in [-0.2, -0.15) is 0 Å². The quantitative estimate of drug-likeness (QED) is 0.360. The molecule has 2 atom stereocenters. The van der Waals surface area contributed by atoms with E-state index in [1.54, 1.807) is 24.4 Å². The molecule has 3 rings (SSSR count). The number of carbonyl (C=O) groups is 1. The summed E-state index contributed by atoms with van der Waals surface area (Å²) in [5.41, 5.74) is 3.31. The first-order valence-corrected chi connectivity index (χ1v) is 10.2. The molecule has 0 saturated heterocycles. The van der Waals surface area contributed by atoms with Crippen LogP contribution in [0.15, 0.2) is 67.0 Å². The molecule has 7 nitrogen and oxygen atoms in total. The van der Waals surface area contributed by atoms with Crippen LogP contribution in [0.25, 0.3) is 11.1 Å². The van der Waals surface area contributed by atoms with Crippen LogP contribution < -0.4 is 15.4 Å². The lowest BCUT2D eigenvalue weighted by Gasteiger charge is -2.19. The molecule has 0 amide bonds. The van der Waals surface area contributed by atoms with E-state index in [9.17, 15) is 9.90 Å². The second-order valence-corrected chi connectivity index (χ2v) is 7.56. The number of nitrogens with one attached hydrogen (secondary N) is 2. The molecular weight excluding hydrogens is 418 g/mol. The first-order chi connectivity index (χ1) is 14.9. The van der Waals surface area contributed by atoms with Gasteiger partial charge >= 0.3 is 6.16 Å². The molecule has 2 aromatic carbocycles. The van der Waals surface area contributed by atoms with Gasteiger partial charge in [-0.3, -0.25) is 4.98 Å². The van der Waals surface area contributed by atoms with E-state index in [4.69, 9.17) is 16.7 Å². The van der Waals surface area contributed by atoms with E-state index in [1.807, 2.05) is 43.3 Å². The van der Waals surface area contributed by atoms with E-state index in [-0.39, 0.29) is 11.8 Å². The number of nitrogens with zero attached hydrogens (tertiary/aromatic N) is 1. The molecule has 1 aromatic heterocycles. The summed E-state index contributed by atoms with van der Waals surface area (Å²) >= 11 is 5.98. The summed E-state index contributed by atoms with van der Waals surface area (Å²) in [6.07, 6.45) is 0.980. The normalized spacial score (nSPS) is 12.7. The number of anilines is 1. The van der Waals surface area contributed by atoms with Gasteiger partial charge in [0.25, 0.3) is 0 Å². The summed E-state index contributed by atoms with van der Waals surface area (Å²) in [6, 6.07) is 16.6. The average Bonchev–Trinajstić information content (AvgIpc) is 2.76. The summed E-state index contributed by atoms with van der Waals surface area (Å²) in [5, 5.41) is 26.4. The van der Waals surface area contributed by atoms with Crippen LogP contribution in [-0.2, 0) is 0 Å². The molecule has 0 aliphatic rings. The van der Waals surface area contributed by atoms with Crippen molar-refractivity contribution in [2.24, 2.45) is 0 Å². The zero-order chi connectivity index (χ0) is 22.2. The Morgan fingerprint density at radius 2 is 1.90 bits per heavy atom. The van der Waals surface area contributed by atoms with Crippen molar-refractivity contribution in [1.82, 2.24) is 10.3 Å². The van der Waals surface area contributed by atoms with Crippen LogP contribution in [0.4, 0.5) is 10.5 Å². The Morgan fingerprint density at radius 1 is 1.10 bits per heavy atom. The smallest absolute Gasteiger partial charge is 0.449 e. The minimum atomic E-state index is -1.38. The zero-order valence-corrected chi connectivity index (χ0v) is 17.7. The topological polar surface area (TPSA) is 104 Å². The third kappa shape index (κ3) is 6.96. The first kappa shape index (κ1) is 22.6. The molecule has 0 aliphatic heterocycles. The molecule has 0 aliphatic carbocycles. The number of aliphatic hydroxyl groups excluding tert-OH is 1. The number of hydrogen-bond donors (Lipinski definition) is 4. The lowest BCUT2D eigenvalue weighted by Crippen LogP contribution is -2.35. The SMILES string of the molecule is C[C@H](CNc1cccc(-c2cncc(OC(=O)O)c2)c1)NC[C@H](O)c1cccc(Cl)c1. The maximum absolute atomic E-state index is 10.7. The van der Waals surface area contributed by atoms with Crippen molar-refractivity contribution < 1.29 is 19.7 Å². The standard InChI is InChI=1S/C23H24ClN3O4/c1-15(26-14-22(28)17-5-2-6-19(24)8-17)11-27-20-7-3-4-16(9-20)18-10-21(13-25-12-18)31-23(29)30/h2-10,12-13,15,22,26-28H,11,14H2,1H3,(H,29,30)/t15-,22+/m1/s1. The monoisotopic (exact) mass is 441 g/mol. The fourth-order valence-electron chi connectivity index (χ4n) is 3.03. The zero-order valence-electron chi connectivity index (χ0n) is 17.0. The molecule has 31 heavy (non-hydrogen) atoms. The van der Waals surface area contributed by atoms with E-state index in [0.29, 0.717) is 18.1 Å². The first-order valence-electron chi connectivity index (χ1n) is 9.78. The molecular formula is C23H24ClN3O4. The van der Waals surface area contributed by atoms with E-state index < -0.39 is 12.3 Å². The van der Waals surface area contributed by atoms with Crippen molar-refractivity contribution >= 4 is 23.4 Å². The fourth-order valence-corrected chi connectivity index (χ4v) is 3.23. The van der Waals surface area contributed by atoms with Gasteiger partial charge in [0.05, 0.1) is 12.3 Å². The van der Waals surface area contributed by atoms with Crippen LogP contribution in [-0.4, -0.2) is 40.5 Å². The highest BCUT2D eigenvalue weighted by Gasteiger charge is 2.10. The number of carboxylic acid groups (broad SMARTS) is 1. The van der Waals surface area contributed by atoms with Gasteiger partial charge in [0, 0.05) is 41.6 Å². The van der Waals surface area contributed by atoms with Crippen LogP contribution in [0.5, 0.6) is 5.75 Å². The third-order valence-corrected chi connectivity index (χ3v) is 4.85. The Balaban J connectivity index is 1.54. The Bertz CT molecular complexity index is 1030. The molecule has 0 spiro atoms. The second kappa shape index (κ2) is 10.8. The number of ether oxygens (including phenoxy) is 1. The Hall–Kier alpha value is -3.13. The van der Waals surface area contributed by atoms with Crippen molar-refractivity contribution in [3.05, 3.63) is 77.6 Å². The summed E-state index contributed by atoms with van der Waals surface area (Å²) < 4.78 is 4.67. The summed E-state index contributed by atoms with van der Waals surface area (Å²) in [5.74, 6) is 0.166. The maximum Gasteiger partial charge on any atom is 0.511 e. The van der Waals surface area contributed by atoms with Gasteiger partial charge in [-0.15, -0.1) is 0 Å². The average molecular weight is 442 g/mol. The molecule has 162 valence electrons. The number of halogens is 1. The highest BCUT2D eigenvalue weighted by Crippen LogP contribution is 2.25. The van der Waals surface area contributed by atoms with Gasteiger partial charge in [-0.1, -0.05) is 35.9 Å². The molecule has 0 radical (unpaired) electrons. The van der Waals surface area contributed by atoms with Crippen molar-refractivity contribution in [3.63, 3.8) is 0 Å². The predicted octanol–water partition coefficient (Wildman–Crippen LogP) is 4.58. The number of aliphatic hydroxyl groups is 1. The van der Waals surface area contributed by atoms with Crippen LogP contribution in [0, 0.1) is 0 Å². The third-order valence-electron chi connectivity index (χ3n) is 4.62. The van der Waals surface area contributed by atoms with E-state index in [2.05, 4.69) is 20.4 Å². The summed E-state index contributed by atoms with van der Waals surface area (Å²) in [6.45, 7) is 3.08. The van der Waals surface area contributed by atoms with Gasteiger partial charge in [-0.05, 0) is 48.4 Å². The van der Waals surface area contributed by atoms with Gasteiger partial charge < -0.3 is 25.6 Å². The Kier molecular flexibility index (Phi) is 7.83. The van der Waals surface area contributed by atoms with Gasteiger partial charge in [0.2, 0.25) is 0 Å². The minimum Gasteiger partial charge on any atom is -0.449 e. The number of hydrogen-bond acceptors (Lipinski definition) is 6. The highest BCUT2D eigenvalue weighted by molar-refractivity contribution is 6.30. The number of benzene rings is 2. The highest BCUT2D eigenvalue weighted by atomic mass is 35.5. The molecule has 3 aromatic rings. The van der Waals surface area contributed by atoms with E-state index in [0.717, 1.165) is 22.4 Å². The van der Waals surface area contributed by atoms with Crippen LogP contribution in [0.3, 0.4) is 0 Å². The lowest BCUT2D eigenvalue weighted by molar-refractivity contribution is 0.144. The van der Waals surface area contributed by atoms with Crippen LogP contribution >= 0.6 is 11.6 Å². The number of pyridine rings is 1. The number of aromatic nitrogens is 1. The van der Waals surface area contributed by atoms with E-state index >= 15 is 0 Å². The Labute approximate surface area is 185 Å². The molecule has 8 heteroatoms. The predicted molar refractivity (Wildman–Crippen MR) is 121 cm³/mol. The second-order valence-electron chi connectivity index (χ2n) is 7.12. The van der Waals surface area contributed by atoms with Crippen LogP contribution in [0.2, 0.25) is 5.02 Å². The fraction of sp³-hybridized carbons (Fsp3) is 0.217. The molecule has 0 saturated carbocycles. The van der Waals surface area contributed by atoms with Crippen molar-refractivity contribution in [2.75, 3.05) is 18.4 Å². The van der Waals surface area contributed by atoms with Gasteiger partial charge in [0.1, 0.15) is 0 Å². The van der Waals surface area contributed by atoms with Crippen LogP contribution in [0.1, 0.15) is 18.6 Å². The van der Waals surface area contributed by atoms with Crippen molar-refractivity contribution in [3.8, 4) is 16.9 Å². The molecule has 4 N–H and O–H groups in total. The summed E-state index contributed by atoms with van der Waals surface area (Å²) in [4.78, 5) is 14.8. The van der Waals surface area contributed by atoms with Crippen molar-refractivity contribution in [1.29, 1.82) is 0 Å². The summed E-state index contributed by atoms with van der Waals surface area (Å²) in [7, 11) is 0. The van der Waals surface area contributed by atoms with Gasteiger partial charge in [-0.25, -0.2) is 4.79 Å². The van der Waals surface area contributed by atoms with Crippen molar-refractivity contribution in [2.45, 2.75) is 19.1 Å². The Morgan fingerprint density at radius 3 is 2.68 bits per heavy atom. The molecule has 0 unspecified atom stereocenters.